The Morgan fingerprint density at radius 3 is 2.50 bits per heavy atom. The fraction of sp³-hybridized carbons (Fsp3) is 0.258. The second-order valence-electron chi connectivity index (χ2n) is 11.3. The number of carbonyl (C=O) groups excluding carboxylic acids is 1. The van der Waals surface area contributed by atoms with Gasteiger partial charge in [-0.25, -0.2) is 22.5 Å². The van der Waals surface area contributed by atoms with Crippen molar-refractivity contribution in [1.29, 1.82) is 0 Å². The standard InChI is InChI=1S/C31H27F3N4O4/c1-13-16(5-4-6-23(13)38-29(40)19-10-15(32)11-21(34)26(19)37-30(38)41)24-20(33)12-18(28(35)39)27-25(24)17-8-7-14(31(2,3)42)9-22(17)36-27/h4-11,18,20,24,36,42H,12H2,1-3H3,(H2,35,39)(H,37,41)/t18?,20-,24?/m1/s1. The smallest absolute Gasteiger partial charge is 0.333 e. The van der Waals surface area contributed by atoms with Gasteiger partial charge in [-0.3, -0.25) is 9.59 Å². The van der Waals surface area contributed by atoms with E-state index in [2.05, 4.69) is 9.97 Å². The molecule has 2 heterocycles. The average molecular weight is 577 g/mol. The molecule has 42 heavy (non-hydrogen) atoms. The molecule has 0 saturated heterocycles. The minimum atomic E-state index is -1.56. The quantitative estimate of drug-likeness (QED) is 0.252. The summed E-state index contributed by atoms with van der Waals surface area (Å²) in [4.78, 5) is 44.4. The largest absolute Gasteiger partial charge is 0.386 e. The van der Waals surface area contributed by atoms with Crippen LogP contribution in [0, 0.1) is 18.6 Å². The zero-order valence-corrected chi connectivity index (χ0v) is 22.9. The van der Waals surface area contributed by atoms with Crippen LogP contribution < -0.4 is 17.0 Å². The van der Waals surface area contributed by atoms with Crippen LogP contribution in [0.2, 0.25) is 0 Å². The van der Waals surface area contributed by atoms with E-state index < -0.39 is 57.9 Å². The Kier molecular flexibility index (Phi) is 6.19. The summed E-state index contributed by atoms with van der Waals surface area (Å²) in [5.41, 5.74) is 5.36. The monoisotopic (exact) mass is 576 g/mol. The van der Waals surface area contributed by atoms with Gasteiger partial charge in [0.05, 0.1) is 28.1 Å². The lowest BCUT2D eigenvalue weighted by atomic mass is 9.73. The molecule has 0 radical (unpaired) electrons. The number of primary amides is 1. The molecule has 11 heteroatoms. The van der Waals surface area contributed by atoms with Gasteiger partial charge >= 0.3 is 5.69 Å². The predicted octanol–water partition coefficient (Wildman–Crippen LogP) is 4.42. The van der Waals surface area contributed by atoms with Gasteiger partial charge in [-0.1, -0.05) is 24.3 Å². The van der Waals surface area contributed by atoms with E-state index in [1.807, 2.05) is 0 Å². The highest BCUT2D eigenvalue weighted by Crippen LogP contribution is 2.48. The third-order valence-corrected chi connectivity index (χ3v) is 8.25. The Morgan fingerprint density at radius 2 is 1.81 bits per heavy atom. The summed E-state index contributed by atoms with van der Waals surface area (Å²) < 4.78 is 45.3. The van der Waals surface area contributed by atoms with E-state index in [9.17, 15) is 28.3 Å². The van der Waals surface area contributed by atoms with E-state index in [1.165, 1.54) is 6.07 Å². The number of amides is 1. The third-order valence-electron chi connectivity index (χ3n) is 8.25. The molecule has 0 saturated carbocycles. The Labute approximate surface area is 236 Å². The lowest BCUT2D eigenvalue weighted by Crippen LogP contribution is -2.35. The summed E-state index contributed by atoms with van der Waals surface area (Å²) in [6.07, 6.45) is -1.76. The molecule has 216 valence electrons. The maximum absolute atomic E-state index is 16.2. The molecule has 3 aromatic carbocycles. The van der Waals surface area contributed by atoms with E-state index >= 15 is 4.39 Å². The summed E-state index contributed by atoms with van der Waals surface area (Å²) in [7, 11) is 0. The van der Waals surface area contributed by atoms with Crippen molar-refractivity contribution in [1.82, 2.24) is 14.5 Å². The fourth-order valence-corrected chi connectivity index (χ4v) is 6.18. The molecular weight excluding hydrogens is 549 g/mol. The number of carbonyl (C=O) groups is 1. The number of nitrogens with one attached hydrogen (secondary N) is 2. The number of fused-ring (bicyclic) bond motifs is 4. The molecule has 5 N–H and O–H groups in total. The lowest BCUT2D eigenvalue weighted by Gasteiger charge is -2.32. The van der Waals surface area contributed by atoms with Gasteiger partial charge in [-0.05, 0) is 67.6 Å². The molecule has 1 amide bonds. The van der Waals surface area contributed by atoms with Crippen LogP contribution in [0.25, 0.3) is 27.5 Å². The van der Waals surface area contributed by atoms with E-state index in [4.69, 9.17) is 5.73 Å². The van der Waals surface area contributed by atoms with Gasteiger partial charge in [-0.2, -0.15) is 0 Å². The number of aromatic amines is 2. The molecule has 1 aliphatic rings. The first kappa shape index (κ1) is 27.5. The molecule has 0 bridgehead atoms. The Bertz CT molecular complexity index is 2050. The van der Waals surface area contributed by atoms with Crippen molar-refractivity contribution in [3.8, 4) is 5.69 Å². The van der Waals surface area contributed by atoms with Crippen molar-refractivity contribution in [2.24, 2.45) is 5.73 Å². The first-order chi connectivity index (χ1) is 19.8. The SMILES string of the molecule is Cc1c(C2c3c([nH]c4cc(C(C)(C)O)ccc34)C(C(N)=O)C[C@H]2F)cccc1-n1c(=O)[nH]c2c(F)cc(F)cc2c1=O. The van der Waals surface area contributed by atoms with Crippen molar-refractivity contribution in [3.05, 3.63) is 109 Å². The van der Waals surface area contributed by atoms with Crippen LogP contribution in [0.4, 0.5) is 13.2 Å². The topological polar surface area (TPSA) is 134 Å². The number of H-pyrrole nitrogens is 2. The summed E-state index contributed by atoms with van der Waals surface area (Å²) >= 11 is 0. The first-order valence-electron chi connectivity index (χ1n) is 13.3. The number of nitrogens with two attached hydrogens (primary N) is 1. The number of hydrogen-bond donors (Lipinski definition) is 4. The van der Waals surface area contributed by atoms with Crippen LogP contribution in [-0.4, -0.2) is 31.7 Å². The molecule has 0 fully saturated rings. The van der Waals surface area contributed by atoms with Crippen LogP contribution in [0.1, 0.15) is 60.1 Å². The number of aromatic nitrogens is 3. The highest BCUT2D eigenvalue weighted by Gasteiger charge is 2.42. The molecule has 5 aromatic rings. The van der Waals surface area contributed by atoms with Crippen molar-refractivity contribution in [2.45, 2.75) is 50.8 Å². The molecule has 2 unspecified atom stereocenters. The summed E-state index contributed by atoms with van der Waals surface area (Å²) in [6.45, 7) is 4.90. The number of hydrogen-bond acceptors (Lipinski definition) is 4. The van der Waals surface area contributed by atoms with Gasteiger partial charge in [-0.15, -0.1) is 0 Å². The van der Waals surface area contributed by atoms with Crippen molar-refractivity contribution in [2.75, 3.05) is 0 Å². The molecular formula is C31H27F3N4O4. The molecule has 8 nitrogen and oxygen atoms in total. The number of benzene rings is 3. The number of aliphatic hydroxyl groups is 1. The molecule has 2 aromatic heterocycles. The van der Waals surface area contributed by atoms with Gasteiger partial charge in [0, 0.05) is 28.6 Å². The van der Waals surface area contributed by atoms with Crippen molar-refractivity contribution in [3.63, 3.8) is 0 Å². The van der Waals surface area contributed by atoms with Gasteiger partial charge in [0.25, 0.3) is 5.56 Å². The Balaban J connectivity index is 1.60. The van der Waals surface area contributed by atoms with Crippen molar-refractivity contribution >= 4 is 27.7 Å². The fourth-order valence-electron chi connectivity index (χ4n) is 6.18. The van der Waals surface area contributed by atoms with E-state index in [1.54, 1.807) is 51.1 Å². The first-order valence-corrected chi connectivity index (χ1v) is 13.3. The van der Waals surface area contributed by atoms with E-state index in [0.29, 0.717) is 44.9 Å². The van der Waals surface area contributed by atoms with Crippen LogP contribution in [0.15, 0.2) is 58.1 Å². The predicted molar refractivity (Wildman–Crippen MR) is 152 cm³/mol. The van der Waals surface area contributed by atoms with E-state index in [0.717, 1.165) is 10.6 Å². The molecule has 0 aliphatic heterocycles. The van der Waals surface area contributed by atoms with E-state index in [-0.39, 0.29) is 17.5 Å². The van der Waals surface area contributed by atoms with Gasteiger partial charge in [0.15, 0.2) is 5.82 Å². The second-order valence-corrected chi connectivity index (χ2v) is 11.3. The number of nitrogens with zero attached hydrogens (tertiary/aromatic N) is 1. The number of alkyl halides is 1. The molecule has 0 spiro atoms. The van der Waals surface area contributed by atoms with Gasteiger partial charge < -0.3 is 20.8 Å². The summed E-state index contributed by atoms with van der Waals surface area (Å²) in [5, 5.41) is 10.8. The zero-order chi connectivity index (χ0) is 30.2. The zero-order valence-electron chi connectivity index (χ0n) is 22.9. The number of rotatable bonds is 4. The van der Waals surface area contributed by atoms with Gasteiger partial charge in [0.2, 0.25) is 5.91 Å². The molecule has 6 rings (SSSR count). The minimum Gasteiger partial charge on any atom is -0.386 e. The Morgan fingerprint density at radius 1 is 1.07 bits per heavy atom. The minimum absolute atomic E-state index is 0.111. The van der Waals surface area contributed by atoms with Crippen molar-refractivity contribution < 1.29 is 23.1 Å². The maximum Gasteiger partial charge on any atom is 0.333 e. The van der Waals surface area contributed by atoms with Crippen LogP contribution in [0.5, 0.6) is 0 Å². The highest BCUT2D eigenvalue weighted by atomic mass is 19.1. The summed E-state index contributed by atoms with van der Waals surface area (Å²) in [5.74, 6) is -4.59. The molecule has 1 aliphatic carbocycles. The highest BCUT2D eigenvalue weighted by molar-refractivity contribution is 5.91. The van der Waals surface area contributed by atoms with Crippen LogP contribution in [-0.2, 0) is 10.4 Å². The third kappa shape index (κ3) is 4.14. The van der Waals surface area contributed by atoms with Crippen LogP contribution in [0.3, 0.4) is 0 Å². The maximum atomic E-state index is 16.2. The van der Waals surface area contributed by atoms with Crippen LogP contribution >= 0.6 is 0 Å². The Hall–Kier alpha value is -4.64. The van der Waals surface area contributed by atoms with Gasteiger partial charge in [0.1, 0.15) is 12.0 Å². The lowest BCUT2D eigenvalue weighted by molar-refractivity contribution is -0.120. The normalized spacial score (nSPS) is 18.9. The average Bonchev–Trinajstić information content (AvgIpc) is 3.28. The second kappa shape index (κ2) is 9.45. The summed E-state index contributed by atoms with van der Waals surface area (Å²) in [6, 6.07) is 11.4. The number of halogens is 3. The molecule has 3 atom stereocenters.